The SMILES string of the molecule is Cn1c(Cc2cccs2)nn(C[NH+]2CCN(c3cccc[nH+]3)CC2)c1=S. The lowest BCUT2D eigenvalue weighted by atomic mass is 10.3. The molecular formula is C18H24N6S2+2. The predicted molar refractivity (Wildman–Crippen MR) is 105 cm³/mol. The van der Waals surface area contributed by atoms with E-state index in [1.54, 1.807) is 11.3 Å². The van der Waals surface area contributed by atoms with Crippen LogP contribution in [0.1, 0.15) is 10.7 Å². The molecule has 0 spiro atoms. The van der Waals surface area contributed by atoms with E-state index in [4.69, 9.17) is 17.3 Å². The summed E-state index contributed by atoms with van der Waals surface area (Å²) in [4.78, 5) is 8.57. The van der Waals surface area contributed by atoms with E-state index in [0.717, 1.165) is 49.9 Å². The summed E-state index contributed by atoms with van der Waals surface area (Å²) in [5.74, 6) is 2.23. The highest BCUT2D eigenvalue weighted by molar-refractivity contribution is 7.71. The van der Waals surface area contributed by atoms with Crippen LogP contribution < -0.4 is 14.8 Å². The first-order chi connectivity index (χ1) is 12.7. The van der Waals surface area contributed by atoms with Crippen molar-refractivity contribution in [3.05, 3.63) is 57.4 Å². The molecule has 3 aromatic heterocycles. The van der Waals surface area contributed by atoms with Gasteiger partial charge in [0.05, 0.1) is 6.20 Å². The molecule has 3 aromatic rings. The van der Waals surface area contributed by atoms with Gasteiger partial charge < -0.3 is 9.47 Å². The van der Waals surface area contributed by atoms with Crippen LogP contribution in [0.5, 0.6) is 0 Å². The normalized spacial score (nSPS) is 15.5. The Labute approximate surface area is 162 Å². The Bertz CT molecular complexity index is 892. The highest BCUT2D eigenvalue weighted by Crippen LogP contribution is 2.13. The average molecular weight is 389 g/mol. The van der Waals surface area contributed by atoms with Crippen LogP contribution in [-0.2, 0) is 20.1 Å². The third-order valence-corrected chi connectivity index (χ3v) is 6.28. The fraction of sp³-hybridized carbons (Fsp3) is 0.389. The van der Waals surface area contributed by atoms with Crippen molar-refractivity contribution in [1.82, 2.24) is 14.3 Å². The maximum atomic E-state index is 5.62. The number of aromatic nitrogens is 4. The van der Waals surface area contributed by atoms with Crippen molar-refractivity contribution in [1.29, 1.82) is 0 Å². The molecule has 0 radical (unpaired) electrons. The maximum absolute atomic E-state index is 5.62. The van der Waals surface area contributed by atoms with Gasteiger partial charge in [-0.3, -0.25) is 4.90 Å². The van der Waals surface area contributed by atoms with Gasteiger partial charge in [-0.2, -0.15) is 9.78 Å². The van der Waals surface area contributed by atoms with Gasteiger partial charge in [-0.15, -0.1) is 11.3 Å². The molecule has 6 nitrogen and oxygen atoms in total. The standard InChI is InChI=1S/C18H22N6S2/c1-21-17(13-15-5-4-12-26-15)20-24(18(21)25)14-22-8-10-23(11-9-22)16-6-2-3-7-19-16/h2-7,12H,8-11,13-14H2,1H3/p+2. The van der Waals surface area contributed by atoms with Crippen molar-refractivity contribution in [3.63, 3.8) is 0 Å². The summed E-state index contributed by atoms with van der Waals surface area (Å²) in [5.41, 5.74) is 0. The van der Waals surface area contributed by atoms with Gasteiger partial charge in [-0.05, 0) is 29.7 Å². The van der Waals surface area contributed by atoms with Crippen LogP contribution in [0.4, 0.5) is 5.82 Å². The van der Waals surface area contributed by atoms with Crippen LogP contribution >= 0.6 is 23.6 Å². The largest absolute Gasteiger partial charge is 0.310 e. The van der Waals surface area contributed by atoms with Crippen molar-refractivity contribution in [2.24, 2.45) is 7.05 Å². The number of nitrogens with zero attached hydrogens (tertiary/aromatic N) is 4. The minimum Gasteiger partial charge on any atom is -0.310 e. The molecular weight excluding hydrogens is 364 g/mol. The molecule has 136 valence electrons. The second kappa shape index (κ2) is 7.69. The summed E-state index contributed by atoms with van der Waals surface area (Å²) >= 11 is 7.38. The summed E-state index contributed by atoms with van der Waals surface area (Å²) in [6, 6.07) is 10.5. The highest BCUT2D eigenvalue weighted by Gasteiger charge is 2.26. The van der Waals surface area contributed by atoms with E-state index in [-0.39, 0.29) is 0 Å². The number of piperazine rings is 1. The maximum Gasteiger partial charge on any atom is 0.274 e. The van der Waals surface area contributed by atoms with Crippen molar-refractivity contribution in [3.8, 4) is 0 Å². The monoisotopic (exact) mass is 388 g/mol. The second-order valence-corrected chi connectivity index (χ2v) is 8.05. The molecule has 1 aliphatic heterocycles. The number of hydrogen-bond donors (Lipinski definition) is 1. The minimum absolute atomic E-state index is 0.808. The van der Waals surface area contributed by atoms with E-state index < -0.39 is 0 Å². The molecule has 4 rings (SSSR count). The molecule has 0 bridgehead atoms. The molecule has 1 saturated heterocycles. The minimum atomic E-state index is 0.808. The fourth-order valence-corrected chi connectivity index (χ4v) is 4.29. The molecule has 4 heterocycles. The molecule has 0 atom stereocenters. The van der Waals surface area contributed by atoms with Crippen LogP contribution in [0.3, 0.4) is 0 Å². The first-order valence-electron chi connectivity index (χ1n) is 8.91. The topological polar surface area (TPSA) is 44.6 Å². The second-order valence-electron chi connectivity index (χ2n) is 6.66. The van der Waals surface area contributed by atoms with E-state index in [1.165, 1.54) is 15.6 Å². The van der Waals surface area contributed by atoms with Gasteiger partial charge in [0.2, 0.25) is 4.77 Å². The van der Waals surface area contributed by atoms with Gasteiger partial charge in [-0.1, -0.05) is 12.1 Å². The molecule has 0 saturated carbocycles. The summed E-state index contributed by atoms with van der Waals surface area (Å²) in [5, 5.41) is 6.90. The number of anilines is 1. The van der Waals surface area contributed by atoms with Gasteiger partial charge in [0.15, 0.2) is 6.67 Å². The van der Waals surface area contributed by atoms with Crippen LogP contribution in [0.15, 0.2) is 41.9 Å². The molecule has 0 aromatic carbocycles. The molecule has 1 aliphatic rings. The lowest BCUT2D eigenvalue weighted by molar-refractivity contribution is -0.924. The molecule has 0 aliphatic carbocycles. The van der Waals surface area contributed by atoms with E-state index in [0.29, 0.717) is 0 Å². The van der Waals surface area contributed by atoms with Crippen molar-refractivity contribution >= 4 is 29.4 Å². The van der Waals surface area contributed by atoms with Crippen molar-refractivity contribution in [2.45, 2.75) is 13.1 Å². The number of aromatic amines is 1. The first kappa shape index (κ1) is 17.4. The third kappa shape index (κ3) is 3.72. The molecule has 1 fully saturated rings. The van der Waals surface area contributed by atoms with Gasteiger partial charge in [0.25, 0.3) is 5.82 Å². The number of nitrogens with one attached hydrogen (secondary N) is 2. The van der Waals surface area contributed by atoms with E-state index in [1.807, 2.05) is 28.6 Å². The predicted octanol–water partition coefficient (Wildman–Crippen LogP) is 0.780. The average Bonchev–Trinajstić information content (AvgIpc) is 3.28. The Balaban J connectivity index is 1.40. The zero-order valence-electron chi connectivity index (χ0n) is 14.9. The Morgan fingerprint density at radius 3 is 2.77 bits per heavy atom. The first-order valence-corrected chi connectivity index (χ1v) is 10.2. The van der Waals surface area contributed by atoms with E-state index in [9.17, 15) is 0 Å². The van der Waals surface area contributed by atoms with Crippen LogP contribution in [-0.4, -0.2) is 40.5 Å². The lowest BCUT2D eigenvalue weighted by Crippen LogP contribution is -3.14. The zero-order valence-corrected chi connectivity index (χ0v) is 16.5. The number of quaternary nitrogens is 1. The van der Waals surface area contributed by atoms with E-state index >= 15 is 0 Å². The summed E-state index contributed by atoms with van der Waals surface area (Å²) in [7, 11) is 2.02. The van der Waals surface area contributed by atoms with Gasteiger partial charge in [0, 0.05) is 24.4 Å². The summed E-state index contributed by atoms with van der Waals surface area (Å²) < 4.78 is 4.85. The smallest absolute Gasteiger partial charge is 0.274 e. The highest BCUT2D eigenvalue weighted by atomic mass is 32.1. The Kier molecular flexibility index (Phi) is 5.14. The molecule has 0 unspecified atom stereocenters. The molecule has 2 N–H and O–H groups in total. The van der Waals surface area contributed by atoms with Crippen LogP contribution in [0.25, 0.3) is 0 Å². The fourth-order valence-electron chi connectivity index (χ4n) is 3.37. The van der Waals surface area contributed by atoms with Crippen LogP contribution in [0.2, 0.25) is 0 Å². The summed E-state index contributed by atoms with van der Waals surface area (Å²) in [6.45, 7) is 5.09. The number of pyridine rings is 1. The van der Waals surface area contributed by atoms with Crippen molar-refractivity contribution in [2.75, 3.05) is 31.1 Å². The zero-order chi connectivity index (χ0) is 17.9. The Morgan fingerprint density at radius 2 is 2.08 bits per heavy atom. The number of hydrogen-bond acceptors (Lipinski definition) is 4. The number of thiophene rings is 1. The van der Waals surface area contributed by atoms with Crippen LogP contribution in [0, 0.1) is 4.77 Å². The van der Waals surface area contributed by atoms with Crippen molar-refractivity contribution < 1.29 is 9.88 Å². The van der Waals surface area contributed by atoms with E-state index in [2.05, 4.69) is 39.5 Å². The quantitative estimate of drug-likeness (QED) is 0.657. The van der Waals surface area contributed by atoms with Gasteiger partial charge >= 0.3 is 0 Å². The Morgan fingerprint density at radius 1 is 1.23 bits per heavy atom. The summed E-state index contributed by atoms with van der Waals surface area (Å²) in [6.07, 6.45) is 2.83. The molecule has 8 heteroatoms. The molecule has 0 amide bonds. The number of H-pyrrole nitrogens is 1. The third-order valence-electron chi connectivity index (χ3n) is 4.92. The molecule has 26 heavy (non-hydrogen) atoms. The van der Waals surface area contributed by atoms with Gasteiger partial charge in [-0.25, -0.2) is 4.98 Å². The Hall–Kier alpha value is -2.03. The lowest BCUT2D eigenvalue weighted by Gasteiger charge is -2.27. The number of rotatable bonds is 5. The van der Waals surface area contributed by atoms with Gasteiger partial charge in [0.1, 0.15) is 32.0 Å².